The Kier molecular flexibility index (Phi) is 7.22. The summed E-state index contributed by atoms with van der Waals surface area (Å²) in [6.45, 7) is -0.311. The summed E-state index contributed by atoms with van der Waals surface area (Å²) in [6.07, 6.45) is 0. The quantitative estimate of drug-likeness (QED) is 0.332. The molecule has 1 atom stereocenters. The molecule has 1 heterocycles. The molecule has 0 fully saturated rings. The van der Waals surface area contributed by atoms with E-state index in [1.54, 1.807) is 60.7 Å². The number of esters is 1. The zero-order valence-corrected chi connectivity index (χ0v) is 18.4. The summed E-state index contributed by atoms with van der Waals surface area (Å²) < 4.78 is 18.5. The largest absolute Gasteiger partial charge is 0.456 e. The maximum absolute atomic E-state index is 13.1. The second-order valence-electron chi connectivity index (χ2n) is 7.36. The highest BCUT2D eigenvalue weighted by Gasteiger charge is 2.25. The topological polar surface area (TPSA) is 132 Å². The Morgan fingerprint density at radius 3 is 2.23 bits per heavy atom. The minimum atomic E-state index is -1.06. The number of hydrogen-bond donors (Lipinski definition) is 3. The molecule has 0 radical (unpaired) electrons. The molecule has 10 heteroatoms. The number of halogens is 1. The first-order chi connectivity index (χ1) is 17.0. The summed E-state index contributed by atoms with van der Waals surface area (Å²) in [4.78, 5) is 37.8. The number of nitrogens with two attached hydrogens (primary N) is 1. The van der Waals surface area contributed by atoms with Crippen LogP contribution in [0.15, 0.2) is 84.9 Å². The van der Waals surface area contributed by atoms with Crippen molar-refractivity contribution in [2.45, 2.75) is 12.6 Å². The van der Waals surface area contributed by atoms with Gasteiger partial charge in [0.2, 0.25) is 11.9 Å². The number of nitrogen functional groups attached to an aromatic ring is 1. The fraction of sp³-hybridized carbons (Fsp3) is 0.0800. The van der Waals surface area contributed by atoms with Gasteiger partial charge in [0.25, 0.3) is 5.91 Å². The van der Waals surface area contributed by atoms with Crippen molar-refractivity contribution in [3.05, 3.63) is 108 Å². The van der Waals surface area contributed by atoms with Gasteiger partial charge in [-0.3, -0.25) is 4.79 Å². The van der Waals surface area contributed by atoms with Crippen LogP contribution in [0.3, 0.4) is 0 Å². The van der Waals surface area contributed by atoms with Crippen LogP contribution in [0.1, 0.15) is 27.8 Å². The molecule has 0 bridgehead atoms. The van der Waals surface area contributed by atoms with Crippen LogP contribution in [0, 0.1) is 5.82 Å². The van der Waals surface area contributed by atoms with Crippen LogP contribution in [-0.4, -0.2) is 26.8 Å². The fourth-order valence-corrected chi connectivity index (χ4v) is 3.17. The van der Waals surface area contributed by atoms with Crippen LogP contribution in [0.5, 0.6) is 0 Å². The van der Waals surface area contributed by atoms with Gasteiger partial charge in [0, 0.05) is 11.3 Å². The Balaban J connectivity index is 1.47. The van der Waals surface area contributed by atoms with E-state index in [4.69, 9.17) is 10.5 Å². The molecule has 35 heavy (non-hydrogen) atoms. The number of carbonyl (C=O) groups excluding carboxylic acids is 2. The molecule has 1 amide bonds. The van der Waals surface area contributed by atoms with Crippen LogP contribution < -0.4 is 16.4 Å². The number of ether oxygens (including phenoxy) is 1. The standard InChI is InChI=1S/C25H21FN6O3/c26-18-11-13-19(14-12-18)28-25-30-20(29-24(27)32-25)15-35-23(34)21(16-7-3-1-4-8-16)31-22(33)17-9-5-2-6-10-17/h1-14,21H,15H2,(H,31,33)(H3,27,28,29,30,32). The number of hydrogen-bond acceptors (Lipinski definition) is 8. The van der Waals surface area contributed by atoms with Crippen molar-refractivity contribution in [3.8, 4) is 0 Å². The number of anilines is 3. The van der Waals surface area contributed by atoms with Gasteiger partial charge in [-0.2, -0.15) is 15.0 Å². The smallest absolute Gasteiger partial charge is 0.333 e. The summed E-state index contributed by atoms with van der Waals surface area (Å²) >= 11 is 0. The van der Waals surface area contributed by atoms with Gasteiger partial charge in [0.15, 0.2) is 18.5 Å². The van der Waals surface area contributed by atoms with E-state index in [9.17, 15) is 14.0 Å². The van der Waals surface area contributed by atoms with E-state index in [0.717, 1.165) is 0 Å². The highest BCUT2D eigenvalue weighted by Crippen LogP contribution is 2.18. The third kappa shape index (κ3) is 6.35. The highest BCUT2D eigenvalue weighted by atomic mass is 19.1. The van der Waals surface area contributed by atoms with E-state index >= 15 is 0 Å². The third-order valence-corrected chi connectivity index (χ3v) is 4.82. The van der Waals surface area contributed by atoms with Crippen molar-refractivity contribution in [2.24, 2.45) is 0 Å². The maximum atomic E-state index is 13.1. The number of nitrogens with one attached hydrogen (secondary N) is 2. The Labute approximate surface area is 200 Å². The summed E-state index contributed by atoms with van der Waals surface area (Å²) in [5, 5.41) is 5.60. The lowest BCUT2D eigenvalue weighted by Crippen LogP contribution is -2.35. The molecular formula is C25H21FN6O3. The Morgan fingerprint density at radius 2 is 1.54 bits per heavy atom. The monoisotopic (exact) mass is 472 g/mol. The van der Waals surface area contributed by atoms with Crippen molar-refractivity contribution in [3.63, 3.8) is 0 Å². The zero-order chi connectivity index (χ0) is 24.6. The van der Waals surface area contributed by atoms with E-state index < -0.39 is 17.9 Å². The molecule has 4 rings (SSSR count). The lowest BCUT2D eigenvalue weighted by Gasteiger charge is -2.18. The first kappa shape index (κ1) is 23.3. The number of benzene rings is 3. The highest BCUT2D eigenvalue weighted by molar-refractivity contribution is 5.97. The van der Waals surface area contributed by atoms with E-state index in [1.807, 2.05) is 0 Å². The van der Waals surface area contributed by atoms with E-state index in [1.165, 1.54) is 24.3 Å². The van der Waals surface area contributed by atoms with Crippen molar-refractivity contribution in [1.82, 2.24) is 20.3 Å². The summed E-state index contributed by atoms with van der Waals surface area (Å²) in [7, 11) is 0. The molecule has 9 nitrogen and oxygen atoms in total. The lowest BCUT2D eigenvalue weighted by molar-refractivity contribution is -0.147. The van der Waals surface area contributed by atoms with Gasteiger partial charge < -0.3 is 21.1 Å². The third-order valence-electron chi connectivity index (χ3n) is 4.82. The van der Waals surface area contributed by atoms with Gasteiger partial charge in [-0.15, -0.1) is 0 Å². The predicted octanol–water partition coefficient (Wildman–Crippen LogP) is 3.55. The second kappa shape index (κ2) is 10.8. The maximum Gasteiger partial charge on any atom is 0.333 e. The number of nitrogens with zero attached hydrogens (tertiary/aromatic N) is 3. The van der Waals surface area contributed by atoms with Crippen molar-refractivity contribution < 1.29 is 18.7 Å². The fourth-order valence-electron chi connectivity index (χ4n) is 3.17. The van der Waals surface area contributed by atoms with Crippen molar-refractivity contribution in [2.75, 3.05) is 11.1 Å². The molecule has 4 N–H and O–H groups in total. The first-order valence-electron chi connectivity index (χ1n) is 10.6. The van der Waals surface area contributed by atoms with Crippen molar-refractivity contribution >= 4 is 29.5 Å². The SMILES string of the molecule is Nc1nc(COC(=O)C(NC(=O)c2ccccc2)c2ccccc2)nc(Nc2ccc(F)cc2)n1. The number of carbonyl (C=O) groups is 2. The molecule has 0 saturated carbocycles. The molecule has 0 aliphatic rings. The Bertz CT molecular complexity index is 1300. The van der Waals surface area contributed by atoms with Gasteiger partial charge >= 0.3 is 5.97 Å². The predicted molar refractivity (Wildman–Crippen MR) is 127 cm³/mol. The molecule has 1 aromatic heterocycles. The first-order valence-corrected chi connectivity index (χ1v) is 10.6. The molecule has 0 aliphatic heterocycles. The summed E-state index contributed by atoms with van der Waals surface area (Å²) in [5.74, 6) is -1.40. The molecular weight excluding hydrogens is 451 g/mol. The molecule has 1 unspecified atom stereocenters. The molecule has 4 aromatic rings. The van der Waals surface area contributed by atoms with Crippen LogP contribution in [0.2, 0.25) is 0 Å². The lowest BCUT2D eigenvalue weighted by atomic mass is 10.1. The van der Waals surface area contributed by atoms with Crippen molar-refractivity contribution in [1.29, 1.82) is 0 Å². The van der Waals surface area contributed by atoms with Crippen LogP contribution in [0.25, 0.3) is 0 Å². The molecule has 0 spiro atoms. The Hall–Kier alpha value is -4.86. The molecule has 0 aliphatic carbocycles. The van der Waals surface area contributed by atoms with Crippen LogP contribution in [0.4, 0.5) is 22.0 Å². The minimum Gasteiger partial charge on any atom is -0.456 e. The molecule has 3 aromatic carbocycles. The van der Waals surface area contributed by atoms with E-state index in [2.05, 4.69) is 25.6 Å². The van der Waals surface area contributed by atoms with Gasteiger partial charge in [-0.25, -0.2) is 9.18 Å². The summed E-state index contributed by atoms with van der Waals surface area (Å²) in [6, 6.07) is 21.8. The molecule has 0 saturated heterocycles. The average Bonchev–Trinajstić information content (AvgIpc) is 2.88. The number of rotatable bonds is 8. The second-order valence-corrected chi connectivity index (χ2v) is 7.36. The van der Waals surface area contributed by atoms with Gasteiger partial charge in [-0.1, -0.05) is 48.5 Å². The normalized spacial score (nSPS) is 11.3. The van der Waals surface area contributed by atoms with E-state index in [-0.39, 0.29) is 30.1 Å². The van der Waals surface area contributed by atoms with Gasteiger partial charge in [-0.05, 0) is 42.0 Å². The number of aromatic nitrogens is 3. The molecule has 176 valence electrons. The number of amides is 1. The zero-order valence-electron chi connectivity index (χ0n) is 18.4. The van der Waals surface area contributed by atoms with Crippen LogP contribution in [-0.2, 0) is 16.1 Å². The van der Waals surface area contributed by atoms with Gasteiger partial charge in [0.05, 0.1) is 0 Å². The Morgan fingerprint density at radius 1 is 0.886 bits per heavy atom. The van der Waals surface area contributed by atoms with Crippen LogP contribution >= 0.6 is 0 Å². The van der Waals surface area contributed by atoms with Gasteiger partial charge in [0.1, 0.15) is 5.82 Å². The minimum absolute atomic E-state index is 0.0901. The average molecular weight is 472 g/mol. The van der Waals surface area contributed by atoms with E-state index in [0.29, 0.717) is 16.8 Å². The summed E-state index contributed by atoms with van der Waals surface area (Å²) in [5.41, 5.74) is 7.26.